The van der Waals surface area contributed by atoms with Crippen molar-refractivity contribution in [2.45, 2.75) is 39.6 Å². The number of rotatable bonds is 10. The standard InChI is InChI=1S/C22H24F2N4O4S/c1-4-14(2)32-22-16(5-7-18(11-23)27-22)6-8-20(29)26-13-15-9-17(12-25)21(19(24)10-15)28-33(3,30)31/h5-10,14,28H,4,11,13H2,1-3H3,(H,26,29)/b8-6+. The molecule has 0 fully saturated rings. The Morgan fingerprint density at radius 1 is 1.36 bits per heavy atom. The minimum Gasteiger partial charge on any atom is -0.474 e. The molecule has 0 radical (unpaired) electrons. The molecule has 1 heterocycles. The van der Waals surface area contributed by atoms with Gasteiger partial charge in [-0.1, -0.05) is 6.92 Å². The lowest BCUT2D eigenvalue weighted by molar-refractivity contribution is -0.116. The Bertz CT molecular complexity index is 1190. The third-order valence-corrected chi connectivity index (χ3v) is 4.99. The van der Waals surface area contributed by atoms with Gasteiger partial charge in [0, 0.05) is 18.2 Å². The van der Waals surface area contributed by atoms with Crippen molar-refractivity contribution in [3.05, 3.63) is 58.5 Å². The summed E-state index contributed by atoms with van der Waals surface area (Å²) in [5, 5.41) is 11.8. The van der Waals surface area contributed by atoms with Crippen molar-refractivity contribution in [1.82, 2.24) is 10.3 Å². The fourth-order valence-corrected chi connectivity index (χ4v) is 3.19. The minimum atomic E-state index is -3.78. The van der Waals surface area contributed by atoms with Crippen LogP contribution in [0.4, 0.5) is 14.5 Å². The Morgan fingerprint density at radius 2 is 2.09 bits per heavy atom. The smallest absolute Gasteiger partial charge is 0.244 e. The first-order valence-electron chi connectivity index (χ1n) is 9.95. The van der Waals surface area contributed by atoms with Gasteiger partial charge >= 0.3 is 0 Å². The molecular formula is C22H24F2N4O4S. The van der Waals surface area contributed by atoms with Crippen LogP contribution in [0, 0.1) is 17.1 Å². The normalized spacial score (nSPS) is 12.2. The molecule has 0 aliphatic heterocycles. The van der Waals surface area contributed by atoms with Crippen molar-refractivity contribution in [2.75, 3.05) is 11.0 Å². The number of nitrogens with zero attached hydrogens (tertiary/aromatic N) is 2. The summed E-state index contributed by atoms with van der Waals surface area (Å²) < 4.78 is 57.6. The van der Waals surface area contributed by atoms with Crippen molar-refractivity contribution in [3.63, 3.8) is 0 Å². The van der Waals surface area contributed by atoms with E-state index in [1.54, 1.807) is 12.1 Å². The molecule has 176 valence electrons. The number of anilines is 1. The molecule has 8 nitrogen and oxygen atoms in total. The monoisotopic (exact) mass is 478 g/mol. The first-order chi connectivity index (χ1) is 15.6. The van der Waals surface area contributed by atoms with Crippen LogP contribution in [-0.4, -0.2) is 31.7 Å². The van der Waals surface area contributed by atoms with E-state index >= 15 is 0 Å². The maximum atomic E-state index is 14.3. The first kappa shape index (κ1) is 25.7. The van der Waals surface area contributed by atoms with Gasteiger partial charge in [-0.2, -0.15) is 5.26 Å². The molecule has 1 unspecified atom stereocenters. The quantitative estimate of drug-likeness (QED) is 0.505. The van der Waals surface area contributed by atoms with E-state index < -0.39 is 34.1 Å². The Labute approximate surface area is 191 Å². The number of hydrogen-bond donors (Lipinski definition) is 2. The van der Waals surface area contributed by atoms with Gasteiger partial charge in [0.2, 0.25) is 21.8 Å². The Balaban J connectivity index is 2.13. The molecule has 0 bridgehead atoms. The molecule has 0 saturated carbocycles. The number of alkyl halides is 1. The van der Waals surface area contributed by atoms with Gasteiger partial charge in [-0.3, -0.25) is 9.52 Å². The average molecular weight is 479 g/mol. The summed E-state index contributed by atoms with van der Waals surface area (Å²) in [5.41, 5.74) is 0.287. The van der Waals surface area contributed by atoms with Gasteiger partial charge in [-0.25, -0.2) is 22.2 Å². The second-order valence-corrected chi connectivity index (χ2v) is 8.95. The summed E-state index contributed by atoms with van der Waals surface area (Å²) in [5.74, 6) is -1.25. The minimum absolute atomic E-state index is 0.108. The van der Waals surface area contributed by atoms with Crippen LogP contribution in [0.2, 0.25) is 0 Å². The highest BCUT2D eigenvalue weighted by Crippen LogP contribution is 2.23. The van der Waals surface area contributed by atoms with Crippen molar-refractivity contribution in [2.24, 2.45) is 0 Å². The zero-order valence-corrected chi connectivity index (χ0v) is 19.2. The summed E-state index contributed by atoms with van der Waals surface area (Å²) in [6, 6.07) is 7.10. The molecule has 2 N–H and O–H groups in total. The second-order valence-electron chi connectivity index (χ2n) is 7.20. The summed E-state index contributed by atoms with van der Waals surface area (Å²) in [6.07, 6.45) is 4.08. The zero-order valence-electron chi connectivity index (χ0n) is 18.4. The molecule has 1 amide bonds. The van der Waals surface area contributed by atoms with Crippen LogP contribution >= 0.6 is 0 Å². The Hall–Kier alpha value is -3.52. The maximum absolute atomic E-state index is 14.3. The average Bonchev–Trinajstić information content (AvgIpc) is 2.77. The van der Waals surface area contributed by atoms with Gasteiger partial charge in [-0.15, -0.1) is 0 Å². The van der Waals surface area contributed by atoms with Crippen molar-refractivity contribution in [1.29, 1.82) is 5.26 Å². The SMILES string of the molecule is CCC(C)Oc1nc(CF)ccc1/C=C/C(=O)NCc1cc(F)c(NS(C)(=O)=O)c(C#N)c1. The number of hydrogen-bond acceptors (Lipinski definition) is 6. The maximum Gasteiger partial charge on any atom is 0.244 e. The third kappa shape index (κ3) is 7.84. The highest BCUT2D eigenvalue weighted by atomic mass is 32.2. The number of nitriles is 1. The van der Waals surface area contributed by atoms with Crippen LogP contribution in [0.25, 0.3) is 6.08 Å². The van der Waals surface area contributed by atoms with Crippen molar-refractivity contribution < 1.29 is 26.7 Å². The number of carbonyl (C=O) groups excluding carboxylic acids is 1. The predicted octanol–water partition coefficient (Wildman–Crippen LogP) is 3.44. The van der Waals surface area contributed by atoms with Gasteiger partial charge < -0.3 is 10.1 Å². The summed E-state index contributed by atoms with van der Waals surface area (Å²) >= 11 is 0. The molecule has 11 heteroatoms. The van der Waals surface area contributed by atoms with Crippen LogP contribution in [0.15, 0.2) is 30.3 Å². The van der Waals surface area contributed by atoms with Crippen LogP contribution in [0.5, 0.6) is 5.88 Å². The van der Waals surface area contributed by atoms with E-state index in [9.17, 15) is 27.3 Å². The Kier molecular flexibility index (Phi) is 8.87. The molecule has 2 aromatic rings. The number of sulfonamides is 1. The fraction of sp³-hybridized carbons (Fsp3) is 0.318. The number of nitrogens with one attached hydrogen (secondary N) is 2. The summed E-state index contributed by atoms with van der Waals surface area (Å²) in [6.45, 7) is 2.91. The van der Waals surface area contributed by atoms with Crippen LogP contribution < -0.4 is 14.8 Å². The number of benzene rings is 1. The molecule has 0 aliphatic rings. The van der Waals surface area contributed by atoms with Gasteiger partial charge in [0.15, 0.2) is 0 Å². The molecule has 0 spiro atoms. The van der Waals surface area contributed by atoms with E-state index in [0.29, 0.717) is 12.0 Å². The van der Waals surface area contributed by atoms with Crippen LogP contribution in [0.1, 0.15) is 42.7 Å². The number of halogens is 2. The zero-order chi connectivity index (χ0) is 24.6. The molecule has 1 aromatic heterocycles. The van der Waals surface area contributed by atoms with E-state index in [0.717, 1.165) is 12.3 Å². The van der Waals surface area contributed by atoms with E-state index in [1.807, 2.05) is 18.6 Å². The molecular weight excluding hydrogens is 454 g/mol. The first-order valence-corrected chi connectivity index (χ1v) is 11.8. The number of aromatic nitrogens is 1. The van der Waals surface area contributed by atoms with E-state index in [-0.39, 0.29) is 35.3 Å². The van der Waals surface area contributed by atoms with E-state index in [2.05, 4.69) is 10.3 Å². The van der Waals surface area contributed by atoms with E-state index in [1.165, 1.54) is 24.3 Å². The summed E-state index contributed by atoms with van der Waals surface area (Å²) in [7, 11) is -3.78. The van der Waals surface area contributed by atoms with E-state index in [4.69, 9.17) is 4.74 Å². The highest BCUT2D eigenvalue weighted by Gasteiger charge is 2.15. The molecule has 1 atom stereocenters. The molecule has 1 aromatic carbocycles. The van der Waals surface area contributed by atoms with Crippen LogP contribution in [-0.2, 0) is 28.0 Å². The molecule has 2 rings (SSSR count). The third-order valence-electron chi connectivity index (χ3n) is 4.41. The number of carbonyl (C=O) groups is 1. The van der Waals surface area contributed by atoms with Crippen LogP contribution in [0.3, 0.4) is 0 Å². The summed E-state index contributed by atoms with van der Waals surface area (Å²) in [4.78, 5) is 16.3. The molecule has 0 saturated heterocycles. The largest absolute Gasteiger partial charge is 0.474 e. The number of pyridine rings is 1. The van der Waals surface area contributed by atoms with Gasteiger partial charge in [0.25, 0.3) is 0 Å². The van der Waals surface area contributed by atoms with Crippen molar-refractivity contribution >= 4 is 27.7 Å². The van der Waals surface area contributed by atoms with Gasteiger partial charge in [0.1, 0.15) is 24.2 Å². The lowest BCUT2D eigenvalue weighted by atomic mass is 10.1. The van der Waals surface area contributed by atoms with Crippen molar-refractivity contribution in [3.8, 4) is 11.9 Å². The highest BCUT2D eigenvalue weighted by molar-refractivity contribution is 7.92. The fourth-order valence-electron chi connectivity index (χ4n) is 2.61. The number of ether oxygens (including phenoxy) is 1. The Morgan fingerprint density at radius 3 is 2.70 bits per heavy atom. The topological polar surface area (TPSA) is 121 Å². The van der Waals surface area contributed by atoms with Gasteiger partial charge in [0.05, 0.1) is 23.6 Å². The molecule has 0 aliphatic carbocycles. The number of amides is 1. The molecule has 33 heavy (non-hydrogen) atoms. The lowest BCUT2D eigenvalue weighted by Crippen LogP contribution is -2.21. The van der Waals surface area contributed by atoms with Gasteiger partial charge in [-0.05, 0) is 49.2 Å². The lowest BCUT2D eigenvalue weighted by Gasteiger charge is -2.14. The predicted molar refractivity (Wildman–Crippen MR) is 120 cm³/mol. The second kappa shape index (κ2) is 11.4.